The van der Waals surface area contributed by atoms with Gasteiger partial charge in [0.1, 0.15) is 6.04 Å². The maximum absolute atomic E-state index is 12.6. The van der Waals surface area contributed by atoms with Crippen molar-refractivity contribution in [2.24, 2.45) is 5.92 Å². The van der Waals surface area contributed by atoms with E-state index < -0.39 is 28.0 Å². The van der Waals surface area contributed by atoms with Crippen LogP contribution in [0.25, 0.3) is 0 Å². The molecule has 3 rings (SSSR count). The van der Waals surface area contributed by atoms with Gasteiger partial charge in [0.25, 0.3) is 0 Å². The number of rotatable bonds is 5. The number of nitrogens with zero attached hydrogens (tertiary/aromatic N) is 1. The van der Waals surface area contributed by atoms with Gasteiger partial charge < -0.3 is 14.7 Å². The number of sulfonamides is 1. The summed E-state index contributed by atoms with van der Waals surface area (Å²) in [6.07, 6.45) is 1.06. The van der Waals surface area contributed by atoms with Crippen LogP contribution in [-0.4, -0.2) is 51.2 Å². The molecular formula is C16H20N2O6S. The van der Waals surface area contributed by atoms with Crippen LogP contribution >= 0.6 is 0 Å². The summed E-state index contributed by atoms with van der Waals surface area (Å²) in [6, 6.07) is 3.26. The molecule has 0 aliphatic carbocycles. The average molecular weight is 368 g/mol. The third-order valence-corrected chi connectivity index (χ3v) is 6.06. The molecule has 0 aromatic heterocycles. The highest BCUT2D eigenvalue weighted by Gasteiger charge is 2.35. The van der Waals surface area contributed by atoms with E-state index in [1.54, 1.807) is 11.0 Å². The molecule has 1 aromatic rings. The maximum Gasteiger partial charge on any atom is 0.322 e. The Labute approximate surface area is 145 Å². The minimum Gasteiger partial charge on any atom is -0.480 e. The summed E-state index contributed by atoms with van der Waals surface area (Å²) in [5.41, 5.74) is 1.46. The lowest BCUT2D eigenvalue weighted by atomic mass is 10.0. The van der Waals surface area contributed by atoms with Crippen LogP contribution in [0.3, 0.4) is 0 Å². The summed E-state index contributed by atoms with van der Waals surface area (Å²) in [7, 11) is -3.99. The highest BCUT2D eigenvalue weighted by molar-refractivity contribution is 7.89. The molecule has 9 heteroatoms. The van der Waals surface area contributed by atoms with E-state index >= 15 is 0 Å². The fourth-order valence-electron chi connectivity index (χ4n) is 3.27. The van der Waals surface area contributed by atoms with E-state index in [1.807, 2.05) is 0 Å². The van der Waals surface area contributed by atoms with E-state index in [0.29, 0.717) is 31.7 Å². The summed E-state index contributed by atoms with van der Waals surface area (Å²) in [4.78, 5) is 24.6. The predicted octanol–water partition coefficient (Wildman–Crippen LogP) is 0.364. The Morgan fingerprint density at radius 1 is 1.40 bits per heavy atom. The third kappa shape index (κ3) is 3.53. The van der Waals surface area contributed by atoms with E-state index in [2.05, 4.69) is 4.72 Å². The second kappa shape index (κ2) is 6.74. The van der Waals surface area contributed by atoms with Crippen LogP contribution in [0.2, 0.25) is 0 Å². The van der Waals surface area contributed by atoms with Crippen molar-refractivity contribution in [1.29, 1.82) is 0 Å². The number of nitrogens with one attached hydrogen (secondary N) is 1. The number of fused-ring (bicyclic) bond motifs is 1. The van der Waals surface area contributed by atoms with E-state index in [0.717, 1.165) is 5.56 Å². The highest BCUT2D eigenvalue weighted by Crippen LogP contribution is 2.30. The number of hydrogen-bond acceptors (Lipinski definition) is 5. The molecule has 2 atom stereocenters. The lowest BCUT2D eigenvalue weighted by Gasteiger charge is -2.20. The molecule has 1 amide bonds. The summed E-state index contributed by atoms with van der Waals surface area (Å²) >= 11 is 0. The molecule has 8 nitrogen and oxygen atoms in total. The van der Waals surface area contributed by atoms with Crippen LogP contribution in [0, 0.1) is 5.92 Å². The van der Waals surface area contributed by atoms with Crippen LogP contribution in [-0.2, 0) is 30.8 Å². The summed E-state index contributed by atoms with van der Waals surface area (Å²) < 4.78 is 32.7. The molecule has 1 aromatic carbocycles. The lowest BCUT2D eigenvalue weighted by Crippen LogP contribution is -2.46. The molecule has 0 spiro atoms. The van der Waals surface area contributed by atoms with E-state index in [-0.39, 0.29) is 17.4 Å². The van der Waals surface area contributed by atoms with Gasteiger partial charge in [-0.2, -0.15) is 4.72 Å². The average Bonchev–Trinajstić information content (AvgIpc) is 3.21. The smallest absolute Gasteiger partial charge is 0.322 e. The van der Waals surface area contributed by atoms with Gasteiger partial charge in [-0.3, -0.25) is 9.59 Å². The number of hydrogen-bond donors (Lipinski definition) is 2. The number of carbonyl (C=O) groups excluding carboxylic acids is 1. The molecule has 25 heavy (non-hydrogen) atoms. The molecule has 0 saturated carbocycles. The highest BCUT2D eigenvalue weighted by atomic mass is 32.2. The van der Waals surface area contributed by atoms with Crippen molar-refractivity contribution in [3.63, 3.8) is 0 Å². The first kappa shape index (κ1) is 17.8. The predicted molar refractivity (Wildman–Crippen MR) is 88.8 cm³/mol. The second-order valence-corrected chi connectivity index (χ2v) is 7.99. The fraction of sp³-hybridized carbons (Fsp3) is 0.500. The molecule has 0 radical (unpaired) electrons. The quantitative estimate of drug-likeness (QED) is 0.776. The first-order valence-corrected chi connectivity index (χ1v) is 9.52. The zero-order chi connectivity index (χ0) is 18.2. The van der Waals surface area contributed by atoms with E-state index in [9.17, 15) is 23.1 Å². The monoisotopic (exact) mass is 368 g/mol. The maximum atomic E-state index is 12.6. The van der Waals surface area contributed by atoms with Crippen LogP contribution in [0.4, 0.5) is 5.69 Å². The Morgan fingerprint density at radius 3 is 2.76 bits per heavy atom. The van der Waals surface area contributed by atoms with Crippen LogP contribution in [0.5, 0.6) is 0 Å². The van der Waals surface area contributed by atoms with Crippen molar-refractivity contribution in [3.8, 4) is 0 Å². The first-order chi connectivity index (χ1) is 11.8. The van der Waals surface area contributed by atoms with Crippen molar-refractivity contribution in [1.82, 2.24) is 4.72 Å². The summed E-state index contributed by atoms with van der Waals surface area (Å²) in [6.45, 7) is 2.62. The minimum atomic E-state index is -3.99. The molecule has 1 saturated heterocycles. The molecule has 0 bridgehead atoms. The zero-order valence-corrected chi connectivity index (χ0v) is 14.6. The number of amides is 1. The Hall–Kier alpha value is -1.97. The largest absolute Gasteiger partial charge is 0.480 e. The fourth-order valence-corrected chi connectivity index (χ4v) is 4.58. The Balaban J connectivity index is 1.85. The Morgan fingerprint density at radius 2 is 2.16 bits per heavy atom. The second-order valence-electron chi connectivity index (χ2n) is 6.27. The number of benzene rings is 1. The van der Waals surface area contributed by atoms with Gasteiger partial charge in [0.15, 0.2) is 0 Å². The minimum absolute atomic E-state index is 0.00168. The number of carboxylic acid groups (broad SMARTS) is 1. The summed E-state index contributed by atoms with van der Waals surface area (Å²) in [5, 5.41) is 9.37. The van der Waals surface area contributed by atoms with Gasteiger partial charge in [-0.1, -0.05) is 0 Å². The van der Waals surface area contributed by atoms with Gasteiger partial charge in [0.2, 0.25) is 15.9 Å². The molecule has 1 fully saturated rings. The molecule has 2 aliphatic heterocycles. The molecule has 136 valence electrons. The van der Waals surface area contributed by atoms with Crippen LogP contribution in [0.15, 0.2) is 23.1 Å². The van der Waals surface area contributed by atoms with Gasteiger partial charge >= 0.3 is 5.97 Å². The van der Waals surface area contributed by atoms with Crippen molar-refractivity contribution in [2.75, 3.05) is 24.7 Å². The number of aliphatic carboxylic acids is 1. The molecular weight excluding hydrogens is 348 g/mol. The lowest BCUT2D eigenvalue weighted by molar-refractivity contribution is -0.140. The molecule has 2 N–H and O–H groups in total. The topological polar surface area (TPSA) is 113 Å². The number of carboxylic acids is 1. The van der Waals surface area contributed by atoms with Gasteiger partial charge in [-0.15, -0.1) is 0 Å². The molecule has 2 unspecified atom stereocenters. The van der Waals surface area contributed by atoms with Gasteiger partial charge in [0, 0.05) is 31.7 Å². The molecule has 2 aliphatic rings. The Kier molecular flexibility index (Phi) is 4.81. The van der Waals surface area contributed by atoms with Crippen molar-refractivity contribution in [2.45, 2.75) is 30.7 Å². The van der Waals surface area contributed by atoms with Crippen molar-refractivity contribution >= 4 is 27.6 Å². The van der Waals surface area contributed by atoms with Crippen LogP contribution < -0.4 is 9.62 Å². The summed E-state index contributed by atoms with van der Waals surface area (Å²) in [5.74, 6) is -1.71. The van der Waals surface area contributed by atoms with Gasteiger partial charge in [-0.05, 0) is 36.6 Å². The first-order valence-electron chi connectivity index (χ1n) is 8.03. The SMILES string of the molecule is CC(=O)N1CCc2cc(S(=O)(=O)NC(C(=O)O)C3CCOC3)ccc21. The van der Waals surface area contributed by atoms with Crippen LogP contribution in [0.1, 0.15) is 18.9 Å². The molecule has 2 heterocycles. The number of anilines is 1. The van der Waals surface area contributed by atoms with Gasteiger partial charge in [0.05, 0.1) is 11.5 Å². The Bertz CT molecular complexity index is 801. The van der Waals surface area contributed by atoms with Crippen molar-refractivity contribution < 1.29 is 27.9 Å². The number of carbonyl (C=O) groups is 2. The van der Waals surface area contributed by atoms with E-state index in [4.69, 9.17) is 4.74 Å². The normalized spacial score (nSPS) is 21.2. The van der Waals surface area contributed by atoms with Gasteiger partial charge in [-0.25, -0.2) is 8.42 Å². The zero-order valence-electron chi connectivity index (χ0n) is 13.8. The van der Waals surface area contributed by atoms with Crippen molar-refractivity contribution in [3.05, 3.63) is 23.8 Å². The van der Waals surface area contributed by atoms with E-state index in [1.165, 1.54) is 19.1 Å². The third-order valence-electron chi connectivity index (χ3n) is 4.62. The number of ether oxygens (including phenoxy) is 1. The standard InChI is InChI=1S/C16H20N2O6S/c1-10(19)18-6-4-11-8-13(2-3-14(11)18)25(22,23)17-15(16(20)21)12-5-7-24-9-12/h2-3,8,12,15,17H,4-7,9H2,1H3,(H,20,21).